The maximum Gasteiger partial charge on any atom is 0.238 e. The molecule has 3 N–H and O–H groups in total. The van der Waals surface area contributed by atoms with E-state index in [1.807, 2.05) is 19.1 Å². The fourth-order valence-corrected chi connectivity index (χ4v) is 6.08. The summed E-state index contributed by atoms with van der Waals surface area (Å²) in [4.78, 5) is 12.9. The lowest BCUT2D eigenvalue weighted by Gasteiger charge is -2.24. The number of pyridine rings is 1. The summed E-state index contributed by atoms with van der Waals surface area (Å²) in [5.74, 6) is 2.79. The number of aryl methyl sites for hydroxylation is 1. The van der Waals surface area contributed by atoms with Crippen molar-refractivity contribution < 1.29 is 22.5 Å². The Morgan fingerprint density at radius 2 is 1.85 bits per heavy atom. The van der Waals surface area contributed by atoms with Gasteiger partial charge in [0.1, 0.15) is 28.6 Å². The van der Waals surface area contributed by atoms with Gasteiger partial charge >= 0.3 is 0 Å². The molecular weight excluding hydrogens is 524 g/mol. The Kier molecular flexibility index (Phi) is 7.26. The van der Waals surface area contributed by atoms with Gasteiger partial charge in [-0.3, -0.25) is 0 Å². The number of nitrogens with zero attached hydrogens (tertiary/aromatic N) is 3. The maximum atomic E-state index is 14.4. The number of fused-ring (bicyclic) bond motifs is 1. The van der Waals surface area contributed by atoms with Crippen LogP contribution in [0.5, 0.6) is 11.6 Å². The summed E-state index contributed by atoms with van der Waals surface area (Å²) in [6.07, 6.45) is 7.00. The molecular formula is C28H29F2N5O3S. The van der Waals surface area contributed by atoms with Crippen molar-refractivity contribution in [3.05, 3.63) is 59.9 Å². The van der Waals surface area contributed by atoms with E-state index in [1.165, 1.54) is 13.5 Å². The largest absolute Gasteiger partial charge is 0.488 e. The molecule has 1 atom stereocenters. The molecule has 0 amide bonds. The summed E-state index contributed by atoms with van der Waals surface area (Å²) in [5, 5.41) is 0.771. The normalized spacial score (nSPS) is 15.6. The third-order valence-corrected chi connectivity index (χ3v) is 8.31. The predicted molar refractivity (Wildman–Crippen MR) is 149 cm³/mol. The van der Waals surface area contributed by atoms with Crippen LogP contribution in [0.2, 0.25) is 0 Å². The highest BCUT2D eigenvalue weighted by Gasteiger charge is 2.21. The van der Waals surface area contributed by atoms with Crippen molar-refractivity contribution >= 4 is 38.1 Å². The molecule has 0 saturated heterocycles. The summed E-state index contributed by atoms with van der Waals surface area (Å²) < 4.78 is 55.8. The van der Waals surface area contributed by atoms with Crippen molar-refractivity contribution in [2.24, 2.45) is 0 Å². The number of halogens is 2. The molecule has 39 heavy (non-hydrogen) atoms. The van der Waals surface area contributed by atoms with E-state index in [0.29, 0.717) is 28.6 Å². The van der Waals surface area contributed by atoms with E-state index >= 15 is 0 Å². The van der Waals surface area contributed by atoms with Crippen molar-refractivity contribution in [1.29, 1.82) is 0 Å². The zero-order chi connectivity index (χ0) is 27.7. The number of nitrogens with two attached hydrogens (primary N) is 1. The van der Waals surface area contributed by atoms with Gasteiger partial charge in [-0.25, -0.2) is 27.9 Å². The first-order chi connectivity index (χ1) is 18.6. The Hall–Kier alpha value is -3.99. The Morgan fingerprint density at radius 1 is 1.08 bits per heavy atom. The van der Waals surface area contributed by atoms with E-state index in [0.717, 1.165) is 48.8 Å². The lowest BCUT2D eigenvalue weighted by molar-refractivity contribution is 0.157. The average Bonchev–Trinajstić information content (AvgIpc) is 2.89. The summed E-state index contributed by atoms with van der Waals surface area (Å²) in [6.45, 7) is 1.85. The van der Waals surface area contributed by atoms with Crippen LogP contribution in [-0.2, 0) is 9.71 Å². The molecule has 4 aromatic rings. The fraction of sp³-hybridized carbons (Fsp3) is 0.286. The van der Waals surface area contributed by atoms with Crippen LogP contribution >= 0.6 is 0 Å². The zero-order valence-corrected chi connectivity index (χ0v) is 22.5. The first kappa shape index (κ1) is 26.6. The molecule has 1 aliphatic rings. The Labute approximate surface area is 225 Å². The molecule has 2 heterocycles. The number of anilines is 2. The Bertz CT molecular complexity index is 1660. The number of nitrogens with one attached hydrogen (secondary N) is 1. The van der Waals surface area contributed by atoms with Gasteiger partial charge in [-0.1, -0.05) is 6.42 Å². The molecule has 1 unspecified atom stereocenters. The highest BCUT2D eigenvalue weighted by Crippen LogP contribution is 2.37. The van der Waals surface area contributed by atoms with Crippen molar-refractivity contribution in [3.8, 4) is 22.8 Å². The minimum atomic E-state index is -3.44. The quantitative estimate of drug-likeness (QED) is 0.283. The van der Waals surface area contributed by atoms with Gasteiger partial charge in [0.25, 0.3) is 0 Å². The molecule has 204 valence electrons. The van der Waals surface area contributed by atoms with Gasteiger partial charge in [-0.05, 0) is 74.4 Å². The van der Waals surface area contributed by atoms with Crippen molar-refractivity contribution in [1.82, 2.24) is 15.0 Å². The second-order valence-electron chi connectivity index (χ2n) is 9.55. The van der Waals surface area contributed by atoms with E-state index in [1.54, 1.807) is 12.3 Å². The monoisotopic (exact) mass is 553 g/mol. The van der Waals surface area contributed by atoms with Crippen LogP contribution in [0.25, 0.3) is 22.0 Å². The third-order valence-electron chi connectivity index (χ3n) is 6.72. The summed E-state index contributed by atoms with van der Waals surface area (Å²) in [5.41, 5.74) is 8.89. The number of hydrogen-bond acceptors (Lipinski definition) is 7. The van der Waals surface area contributed by atoms with Gasteiger partial charge in [0, 0.05) is 23.2 Å². The van der Waals surface area contributed by atoms with Crippen molar-refractivity contribution in [3.63, 3.8) is 0 Å². The molecule has 2 aromatic carbocycles. The summed E-state index contributed by atoms with van der Waals surface area (Å²) >= 11 is 0. The molecule has 8 nitrogen and oxygen atoms in total. The van der Waals surface area contributed by atoms with Crippen LogP contribution in [0.3, 0.4) is 0 Å². The molecule has 11 heteroatoms. The molecule has 0 aliphatic heterocycles. The highest BCUT2D eigenvalue weighted by molar-refractivity contribution is 8.01. The SMILES string of the molecule is C=S(=O)(Nc1cc(-c2cc(OC3CCCCC3)c3nc(N)nc(C)c3c2)cnc1OC)c1ccc(F)cc1F. The number of nitrogen functional groups attached to an aromatic ring is 1. The second kappa shape index (κ2) is 10.6. The number of ether oxygens (including phenoxy) is 2. The third kappa shape index (κ3) is 5.58. The highest BCUT2D eigenvalue weighted by atomic mass is 32.2. The molecule has 1 fully saturated rings. The standard InChI is InChI=1S/C28H29F2N5O3S/c1-16-21-11-17(13-24(26(21)34-28(31)33-16)38-20-7-5-4-6-8-20)18-12-23(27(37-2)32-15-18)35-39(3,36)25-10-9-19(29)14-22(25)30/h9-15,20H,3-8H2,1-2H3,(H,35,36)(H2,31,33,34). The smallest absolute Gasteiger partial charge is 0.238 e. The number of aromatic nitrogens is 3. The van der Waals surface area contributed by atoms with Crippen molar-refractivity contribution in [2.75, 3.05) is 17.6 Å². The lowest BCUT2D eigenvalue weighted by atomic mass is 9.97. The molecule has 1 aliphatic carbocycles. The van der Waals surface area contributed by atoms with Crippen molar-refractivity contribution in [2.45, 2.75) is 50.0 Å². The van der Waals surface area contributed by atoms with Crippen LogP contribution in [-0.4, -0.2) is 38.2 Å². The zero-order valence-electron chi connectivity index (χ0n) is 21.7. The van der Waals surface area contributed by atoms with Crippen LogP contribution in [0.4, 0.5) is 20.4 Å². The van der Waals surface area contributed by atoms with E-state index in [9.17, 15) is 13.0 Å². The molecule has 0 spiro atoms. The van der Waals surface area contributed by atoms with E-state index in [2.05, 4.69) is 25.5 Å². The Morgan fingerprint density at radius 3 is 2.56 bits per heavy atom. The summed E-state index contributed by atoms with van der Waals surface area (Å²) in [7, 11) is -2.03. The molecule has 0 bridgehead atoms. The minimum Gasteiger partial charge on any atom is -0.488 e. The molecule has 2 aromatic heterocycles. The topological polar surface area (TPSA) is 112 Å². The van der Waals surface area contributed by atoms with E-state index in [4.69, 9.17) is 15.2 Å². The summed E-state index contributed by atoms with van der Waals surface area (Å²) in [6, 6.07) is 8.24. The van der Waals surface area contributed by atoms with Gasteiger partial charge < -0.3 is 19.9 Å². The van der Waals surface area contributed by atoms with Gasteiger partial charge in [-0.15, -0.1) is 0 Å². The minimum absolute atomic E-state index is 0.0707. The van der Waals surface area contributed by atoms with Crippen LogP contribution in [0.1, 0.15) is 37.8 Å². The molecule has 0 radical (unpaired) electrons. The fourth-order valence-electron chi connectivity index (χ4n) is 4.81. The number of methoxy groups -OCH3 is 1. The van der Waals surface area contributed by atoms with E-state index < -0.39 is 21.3 Å². The predicted octanol–water partition coefficient (Wildman–Crippen LogP) is 5.68. The Balaban J connectivity index is 1.59. The number of benzene rings is 2. The molecule has 1 saturated carbocycles. The van der Waals surface area contributed by atoms with Gasteiger partial charge in [0.05, 0.1) is 33.5 Å². The first-order valence-corrected chi connectivity index (χ1v) is 14.3. The lowest BCUT2D eigenvalue weighted by Crippen LogP contribution is -2.20. The van der Waals surface area contributed by atoms with Gasteiger partial charge in [0.15, 0.2) is 0 Å². The van der Waals surface area contributed by atoms with Crippen LogP contribution < -0.4 is 19.9 Å². The van der Waals surface area contributed by atoms with Gasteiger partial charge in [0.2, 0.25) is 11.8 Å². The maximum absolute atomic E-state index is 14.4. The van der Waals surface area contributed by atoms with E-state index in [-0.39, 0.29) is 28.5 Å². The second-order valence-corrected chi connectivity index (χ2v) is 11.5. The molecule has 5 rings (SSSR count). The van der Waals surface area contributed by atoms with Crippen LogP contribution in [0, 0.1) is 18.6 Å². The van der Waals surface area contributed by atoms with Gasteiger partial charge in [-0.2, -0.15) is 0 Å². The number of hydrogen-bond donors (Lipinski definition) is 2. The van der Waals surface area contributed by atoms with Crippen LogP contribution in [0.15, 0.2) is 47.5 Å². The number of rotatable bonds is 7. The average molecular weight is 554 g/mol. The first-order valence-electron chi connectivity index (χ1n) is 12.5.